The van der Waals surface area contributed by atoms with Gasteiger partial charge in [-0.25, -0.2) is 9.78 Å². The van der Waals surface area contributed by atoms with Crippen LogP contribution < -0.4 is 0 Å². The van der Waals surface area contributed by atoms with Crippen LogP contribution in [-0.4, -0.2) is 72.1 Å². The second-order valence-electron chi connectivity index (χ2n) is 8.97. The Bertz CT molecular complexity index is 1110. The molecule has 1 aliphatic heterocycles. The standard InChI is InChI=1S/C27H30Cl2N4O2/c1-31(2)15-16-32(17-20-7-4-3-5-8-20)27(34)33-18-23(19-33)35-25(21-10-12-22(28)13-11-21)24-9-6-14-30-26(24)29/h3-14,23,25H,15-19H2,1-2H3. The molecule has 184 valence electrons. The van der Waals surface area contributed by atoms with Gasteiger partial charge in [0.1, 0.15) is 11.3 Å². The Balaban J connectivity index is 1.43. The van der Waals surface area contributed by atoms with E-state index in [4.69, 9.17) is 27.9 Å². The quantitative estimate of drug-likeness (QED) is 0.362. The Kier molecular flexibility index (Phi) is 8.63. The predicted octanol–water partition coefficient (Wildman–Crippen LogP) is 5.36. The fourth-order valence-corrected chi connectivity index (χ4v) is 4.35. The van der Waals surface area contributed by atoms with E-state index in [1.165, 1.54) is 0 Å². The third-order valence-corrected chi connectivity index (χ3v) is 6.56. The van der Waals surface area contributed by atoms with Gasteiger partial charge in [-0.2, -0.15) is 0 Å². The number of amides is 2. The summed E-state index contributed by atoms with van der Waals surface area (Å²) in [7, 11) is 4.03. The lowest BCUT2D eigenvalue weighted by Crippen LogP contribution is -2.59. The number of carbonyl (C=O) groups is 1. The van der Waals surface area contributed by atoms with Gasteiger partial charge in [0.15, 0.2) is 0 Å². The van der Waals surface area contributed by atoms with E-state index in [-0.39, 0.29) is 12.1 Å². The Morgan fingerprint density at radius 3 is 2.40 bits per heavy atom. The minimum Gasteiger partial charge on any atom is -0.362 e. The summed E-state index contributed by atoms with van der Waals surface area (Å²) in [6.45, 7) is 3.07. The maximum absolute atomic E-state index is 13.3. The molecular weight excluding hydrogens is 483 g/mol. The first-order valence-electron chi connectivity index (χ1n) is 11.6. The largest absolute Gasteiger partial charge is 0.362 e. The van der Waals surface area contributed by atoms with Gasteiger partial charge in [-0.3, -0.25) is 0 Å². The summed E-state index contributed by atoms with van der Waals surface area (Å²) < 4.78 is 6.47. The molecule has 2 aromatic carbocycles. The van der Waals surface area contributed by atoms with Gasteiger partial charge in [-0.15, -0.1) is 0 Å². The molecule has 1 fully saturated rings. The predicted molar refractivity (Wildman–Crippen MR) is 140 cm³/mol. The van der Waals surface area contributed by atoms with E-state index in [1.54, 1.807) is 6.20 Å². The Morgan fingerprint density at radius 2 is 1.74 bits per heavy atom. The Hall–Kier alpha value is -2.64. The first kappa shape index (κ1) is 25.5. The average molecular weight is 513 g/mol. The molecule has 0 radical (unpaired) electrons. The molecule has 1 saturated heterocycles. The normalized spacial score (nSPS) is 14.6. The first-order chi connectivity index (χ1) is 16.9. The maximum atomic E-state index is 13.3. The van der Waals surface area contributed by atoms with Crippen LogP contribution in [0.15, 0.2) is 72.9 Å². The van der Waals surface area contributed by atoms with Crippen LogP contribution in [0.5, 0.6) is 0 Å². The number of likely N-dealkylation sites (N-methyl/N-ethyl adjacent to an activating group) is 1. The van der Waals surface area contributed by atoms with E-state index in [1.807, 2.05) is 90.6 Å². The summed E-state index contributed by atoms with van der Waals surface area (Å²) in [6.07, 6.45) is 1.15. The van der Waals surface area contributed by atoms with E-state index in [0.717, 1.165) is 23.2 Å². The number of urea groups is 1. The van der Waals surface area contributed by atoms with E-state index >= 15 is 0 Å². The van der Waals surface area contributed by atoms with Crippen LogP contribution in [0, 0.1) is 0 Å². The van der Waals surface area contributed by atoms with Gasteiger partial charge in [0.05, 0.1) is 19.2 Å². The van der Waals surface area contributed by atoms with Crippen LogP contribution in [0.2, 0.25) is 10.2 Å². The number of hydrogen-bond acceptors (Lipinski definition) is 4. The second kappa shape index (κ2) is 11.9. The summed E-state index contributed by atoms with van der Waals surface area (Å²) in [5, 5.41) is 1.05. The molecule has 1 unspecified atom stereocenters. The van der Waals surface area contributed by atoms with Crippen LogP contribution in [0.3, 0.4) is 0 Å². The molecule has 0 aliphatic carbocycles. The number of nitrogens with zero attached hydrogens (tertiary/aromatic N) is 4. The number of rotatable bonds is 9. The monoisotopic (exact) mass is 512 g/mol. The Labute approximate surface area is 217 Å². The van der Waals surface area contributed by atoms with Gasteiger partial charge in [-0.1, -0.05) is 71.7 Å². The van der Waals surface area contributed by atoms with Crippen molar-refractivity contribution in [2.45, 2.75) is 18.8 Å². The molecule has 2 heterocycles. The summed E-state index contributed by atoms with van der Waals surface area (Å²) in [4.78, 5) is 23.4. The molecule has 0 bridgehead atoms. The highest BCUT2D eigenvalue weighted by atomic mass is 35.5. The molecule has 1 aromatic heterocycles. The third kappa shape index (κ3) is 6.73. The number of benzene rings is 2. The zero-order valence-corrected chi connectivity index (χ0v) is 21.5. The summed E-state index contributed by atoms with van der Waals surface area (Å²) >= 11 is 12.5. The molecule has 35 heavy (non-hydrogen) atoms. The fraction of sp³-hybridized carbons (Fsp3) is 0.333. The molecule has 1 atom stereocenters. The molecule has 8 heteroatoms. The second-order valence-corrected chi connectivity index (χ2v) is 9.77. The van der Waals surface area contributed by atoms with Crippen molar-refractivity contribution in [3.63, 3.8) is 0 Å². The number of pyridine rings is 1. The van der Waals surface area contributed by atoms with Crippen LogP contribution in [-0.2, 0) is 11.3 Å². The molecule has 0 N–H and O–H groups in total. The molecule has 1 aliphatic rings. The number of aromatic nitrogens is 1. The van der Waals surface area contributed by atoms with Crippen LogP contribution in [0.4, 0.5) is 4.79 Å². The first-order valence-corrected chi connectivity index (χ1v) is 12.4. The van der Waals surface area contributed by atoms with Crippen molar-refractivity contribution in [2.24, 2.45) is 0 Å². The van der Waals surface area contributed by atoms with Gasteiger partial charge in [-0.05, 0) is 43.4 Å². The van der Waals surface area contributed by atoms with Crippen molar-refractivity contribution in [2.75, 3.05) is 40.3 Å². The summed E-state index contributed by atoms with van der Waals surface area (Å²) in [6, 6.07) is 21.4. The van der Waals surface area contributed by atoms with E-state index in [2.05, 4.69) is 9.88 Å². The van der Waals surface area contributed by atoms with Crippen LogP contribution in [0.1, 0.15) is 22.8 Å². The minimum atomic E-state index is -0.398. The van der Waals surface area contributed by atoms with Crippen molar-refractivity contribution in [3.05, 3.63) is 99.8 Å². The van der Waals surface area contributed by atoms with E-state index in [9.17, 15) is 4.79 Å². The van der Waals surface area contributed by atoms with Gasteiger partial charge >= 0.3 is 6.03 Å². The molecule has 0 saturated carbocycles. The zero-order chi connectivity index (χ0) is 24.8. The molecule has 6 nitrogen and oxygen atoms in total. The topological polar surface area (TPSA) is 48.9 Å². The number of hydrogen-bond donors (Lipinski definition) is 0. The fourth-order valence-electron chi connectivity index (χ4n) is 4.00. The lowest BCUT2D eigenvalue weighted by atomic mass is 10.0. The summed E-state index contributed by atoms with van der Waals surface area (Å²) in [5.74, 6) is 0. The summed E-state index contributed by atoms with van der Waals surface area (Å²) in [5.41, 5.74) is 2.84. The molecular formula is C27H30Cl2N4O2. The smallest absolute Gasteiger partial charge is 0.320 e. The van der Waals surface area contributed by atoms with Gasteiger partial charge < -0.3 is 19.4 Å². The van der Waals surface area contributed by atoms with Crippen molar-refractivity contribution < 1.29 is 9.53 Å². The van der Waals surface area contributed by atoms with Gasteiger partial charge in [0, 0.05) is 36.4 Å². The van der Waals surface area contributed by atoms with Crippen molar-refractivity contribution in [1.82, 2.24) is 19.7 Å². The average Bonchev–Trinajstić information content (AvgIpc) is 2.83. The number of ether oxygens (including phenoxy) is 1. The van der Waals surface area contributed by atoms with Crippen molar-refractivity contribution in [1.29, 1.82) is 0 Å². The highest BCUT2D eigenvalue weighted by Crippen LogP contribution is 2.33. The van der Waals surface area contributed by atoms with Crippen LogP contribution in [0.25, 0.3) is 0 Å². The van der Waals surface area contributed by atoms with Crippen LogP contribution >= 0.6 is 23.2 Å². The van der Waals surface area contributed by atoms with Crippen molar-refractivity contribution in [3.8, 4) is 0 Å². The number of likely N-dealkylation sites (tertiary alicyclic amines) is 1. The molecule has 0 spiro atoms. The van der Waals surface area contributed by atoms with E-state index < -0.39 is 6.10 Å². The third-order valence-electron chi connectivity index (χ3n) is 5.99. The number of carbonyl (C=O) groups excluding carboxylic acids is 1. The minimum absolute atomic E-state index is 0.0259. The SMILES string of the molecule is CN(C)CCN(Cc1ccccc1)C(=O)N1CC(OC(c2ccc(Cl)cc2)c2cccnc2Cl)C1. The number of halogens is 2. The highest BCUT2D eigenvalue weighted by molar-refractivity contribution is 6.30. The lowest BCUT2D eigenvalue weighted by Gasteiger charge is -2.43. The van der Waals surface area contributed by atoms with E-state index in [0.29, 0.717) is 36.4 Å². The van der Waals surface area contributed by atoms with Crippen molar-refractivity contribution >= 4 is 29.2 Å². The maximum Gasteiger partial charge on any atom is 0.320 e. The molecule has 4 rings (SSSR count). The van der Waals surface area contributed by atoms with Gasteiger partial charge in [0.25, 0.3) is 0 Å². The highest BCUT2D eigenvalue weighted by Gasteiger charge is 2.36. The molecule has 3 aromatic rings. The van der Waals surface area contributed by atoms with Gasteiger partial charge in [0.2, 0.25) is 0 Å². The zero-order valence-electron chi connectivity index (χ0n) is 20.0. The Morgan fingerprint density at radius 1 is 1.03 bits per heavy atom. The lowest BCUT2D eigenvalue weighted by molar-refractivity contribution is -0.0691. The molecule has 2 amide bonds.